The van der Waals surface area contributed by atoms with Crippen LogP contribution in [0.2, 0.25) is 0 Å². The van der Waals surface area contributed by atoms with Gasteiger partial charge in [-0.3, -0.25) is 0 Å². The van der Waals surface area contributed by atoms with Crippen LogP contribution in [0.5, 0.6) is 5.75 Å². The van der Waals surface area contributed by atoms with Crippen molar-refractivity contribution >= 4 is 11.3 Å². The van der Waals surface area contributed by atoms with Crippen LogP contribution in [0, 0.1) is 27.7 Å². The summed E-state index contributed by atoms with van der Waals surface area (Å²) < 4.78 is 5.41. The fraction of sp³-hybridized carbons (Fsp3) is 0.412. The number of aryl methyl sites for hydroxylation is 4. The first-order valence-electron chi connectivity index (χ1n) is 6.87. The number of hydrogen-bond acceptors (Lipinski definition) is 3. The van der Waals surface area contributed by atoms with E-state index in [0.717, 1.165) is 5.75 Å². The molecule has 1 heterocycles. The van der Waals surface area contributed by atoms with Crippen LogP contribution in [0.15, 0.2) is 18.2 Å². The van der Waals surface area contributed by atoms with Gasteiger partial charge < -0.3 is 10.1 Å². The molecule has 0 fully saturated rings. The van der Waals surface area contributed by atoms with Crippen molar-refractivity contribution in [3.63, 3.8) is 0 Å². The molecule has 0 aliphatic rings. The predicted molar refractivity (Wildman–Crippen MR) is 87.2 cm³/mol. The number of methoxy groups -OCH3 is 1. The Bertz CT molecular complexity index is 596. The highest BCUT2D eigenvalue weighted by molar-refractivity contribution is 7.12. The zero-order chi connectivity index (χ0) is 14.9. The summed E-state index contributed by atoms with van der Waals surface area (Å²) in [6.45, 7) is 8.60. The quantitative estimate of drug-likeness (QED) is 0.906. The number of ether oxygens (including phenoxy) is 1. The fourth-order valence-electron chi connectivity index (χ4n) is 2.54. The van der Waals surface area contributed by atoms with Gasteiger partial charge in [-0.2, -0.15) is 0 Å². The molecule has 1 aromatic heterocycles. The minimum absolute atomic E-state index is 0.247. The molecule has 0 aliphatic carbocycles. The van der Waals surface area contributed by atoms with E-state index in [1.165, 1.54) is 32.0 Å². The Kier molecular flexibility index (Phi) is 4.51. The Labute approximate surface area is 125 Å². The maximum atomic E-state index is 5.41. The van der Waals surface area contributed by atoms with Gasteiger partial charge >= 0.3 is 0 Å². The van der Waals surface area contributed by atoms with Gasteiger partial charge in [0.2, 0.25) is 0 Å². The molecule has 0 amide bonds. The smallest absolute Gasteiger partial charge is 0.122 e. The zero-order valence-electron chi connectivity index (χ0n) is 13.1. The zero-order valence-corrected chi connectivity index (χ0v) is 13.9. The number of rotatable bonds is 4. The van der Waals surface area contributed by atoms with Gasteiger partial charge in [0.1, 0.15) is 5.75 Å². The first-order chi connectivity index (χ1) is 9.47. The van der Waals surface area contributed by atoms with Crippen molar-refractivity contribution in [1.29, 1.82) is 0 Å². The second-order valence-corrected chi connectivity index (χ2v) is 6.58. The molecule has 2 aromatic rings. The van der Waals surface area contributed by atoms with Crippen molar-refractivity contribution in [3.05, 3.63) is 50.2 Å². The van der Waals surface area contributed by atoms with Crippen LogP contribution < -0.4 is 10.1 Å². The summed E-state index contributed by atoms with van der Waals surface area (Å²) >= 11 is 1.87. The molecular weight excluding hydrogens is 266 g/mol. The molecule has 0 spiro atoms. The lowest BCUT2D eigenvalue weighted by Crippen LogP contribution is -2.18. The third kappa shape index (κ3) is 2.74. The van der Waals surface area contributed by atoms with E-state index in [1.54, 1.807) is 7.11 Å². The summed E-state index contributed by atoms with van der Waals surface area (Å²) in [7, 11) is 3.75. The fourth-order valence-corrected chi connectivity index (χ4v) is 3.71. The highest BCUT2D eigenvalue weighted by atomic mass is 32.1. The van der Waals surface area contributed by atoms with Gasteiger partial charge in [0.05, 0.1) is 13.2 Å². The molecule has 2 nitrogen and oxygen atoms in total. The molecule has 0 aliphatic heterocycles. The monoisotopic (exact) mass is 289 g/mol. The van der Waals surface area contributed by atoms with Crippen molar-refractivity contribution in [2.24, 2.45) is 0 Å². The maximum absolute atomic E-state index is 5.41. The molecule has 0 bridgehead atoms. The van der Waals surface area contributed by atoms with E-state index in [4.69, 9.17) is 4.74 Å². The largest absolute Gasteiger partial charge is 0.496 e. The molecule has 1 N–H and O–H groups in total. The van der Waals surface area contributed by atoms with E-state index in [1.807, 2.05) is 18.4 Å². The van der Waals surface area contributed by atoms with Crippen LogP contribution in [0.4, 0.5) is 0 Å². The van der Waals surface area contributed by atoms with Gasteiger partial charge in [0.15, 0.2) is 0 Å². The van der Waals surface area contributed by atoms with E-state index in [0.29, 0.717) is 0 Å². The van der Waals surface area contributed by atoms with Gasteiger partial charge in [0.25, 0.3) is 0 Å². The Morgan fingerprint density at radius 3 is 2.20 bits per heavy atom. The highest BCUT2D eigenvalue weighted by Crippen LogP contribution is 2.34. The standard InChI is InChI=1S/C17H23NOS/c1-10-9-16(20-13(10)4)17(18-5)14-7-12(3)15(19-6)8-11(14)2/h7-9,17-18H,1-6H3. The van der Waals surface area contributed by atoms with Crippen LogP contribution in [-0.4, -0.2) is 14.2 Å². The topological polar surface area (TPSA) is 21.3 Å². The first kappa shape index (κ1) is 15.1. The Morgan fingerprint density at radius 1 is 1.00 bits per heavy atom. The second-order valence-electron chi connectivity index (χ2n) is 5.29. The molecule has 0 saturated carbocycles. The van der Waals surface area contributed by atoms with Crippen LogP contribution in [0.25, 0.3) is 0 Å². The second kappa shape index (κ2) is 5.98. The molecule has 1 atom stereocenters. The van der Waals surface area contributed by atoms with Gasteiger partial charge in [0, 0.05) is 9.75 Å². The molecule has 2 rings (SSSR count). The van der Waals surface area contributed by atoms with E-state index >= 15 is 0 Å². The van der Waals surface area contributed by atoms with Crippen molar-refractivity contribution < 1.29 is 4.74 Å². The number of thiophene rings is 1. The van der Waals surface area contributed by atoms with Gasteiger partial charge in [-0.05, 0) is 69.1 Å². The average molecular weight is 289 g/mol. The Hall–Kier alpha value is -1.32. The average Bonchev–Trinajstić information content (AvgIpc) is 2.74. The van der Waals surface area contributed by atoms with Crippen LogP contribution >= 0.6 is 11.3 Å². The van der Waals surface area contributed by atoms with E-state index < -0.39 is 0 Å². The van der Waals surface area contributed by atoms with Gasteiger partial charge in [-0.25, -0.2) is 0 Å². The van der Waals surface area contributed by atoms with Gasteiger partial charge in [-0.1, -0.05) is 6.07 Å². The highest BCUT2D eigenvalue weighted by Gasteiger charge is 2.18. The SMILES string of the molecule is CNC(c1cc(C)c(C)s1)c1cc(C)c(OC)cc1C. The lowest BCUT2D eigenvalue weighted by molar-refractivity contribution is 0.411. The minimum Gasteiger partial charge on any atom is -0.496 e. The van der Waals surface area contributed by atoms with E-state index in [9.17, 15) is 0 Å². The molecule has 0 saturated heterocycles. The Morgan fingerprint density at radius 2 is 1.70 bits per heavy atom. The predicted octanol–water partition coefficient (Wildman–Crippen LogP) is 4.30. The van der Waals surface area contributed by atoms with Crippen LogP contribution in [-0.2, 0) is 0 Å². The lowest BCUT2D eigenvalue weighted by atomic mass is 9.97. The first-order valence-corrected chi connectivity index (χ1v) is 7.69. The third-order valence-electron chi connectivity index (χ3n) is 3.85. The molecule has 1 unspecified atom stereocenters. The van der Waals surface area contributed by atoms with E-state index in [2.05, 4.69) is 51.2 Å². The summed E-state index contributed by atoms with van der Waals surface area (Å²) in [6, 6.07) is 6.90. The molecule has 1 aromatic carbocycles. The molecule has 20 heavy (non-hydrogen) atoms. The minimum atomic E-state index is 0.247. The molecule has 3 heteroatoms. The van der Waals surface area contributed by atoms with E-state index in [-0.39, 0.29) is 6.04 Å². The summed E-state index contributed by atoms with van der Waals surface area (Å²) in [4.78, 5) is 2.76. The van der Waals surface area contributed by atoms with Gasteiger partial charge in [-0.15, -0.1) is 11.3 Å². The van der Waals surface area contributed by atoms with Crippen LogP contribution in [0.1, 0.15) is 38.0 Å². The third-order valence-corrected chi connectivity index (χ3v) is 5.07. The normalized spacial score (nSPS) is 12.5. The maximum Gasteiger partial charge on any atom is 0.122 e. The van der Waals surface area contributed by atoms with Crippen molar-refractivity contribution in [2.45, 2.75) is 33.7 Å². The summed E-state index contributed by atoms with van der Waals surface area (Å²) in [6.07, 6.45) is 0. The molecular formula is C17H23NOS. The summed E-state index contributed by atoms with van der Waals surface area (Å²) in [5, 5.41) is 3.45. The lowest BCUT2D eigenvalue weighted by Gasteiger charge is -2.19. The Balaban J connectivity index is 2.49. The van der Waals surface area contributed by atoms with Crippen LogP contribution in [0.3, 0.4) is 0 Å². The van der Waals surface area contributed by atoms with Crippen molar-refractivity contribution in [1.82, 2.24) is 5.32 Å². The van der Waals surface area contributed by atoms with Crippen molar-refractivity contribution in [2.75, 3.05) is 14.2 Å². The molecule has 0 radical (unpaired) electrons. The summed E-state index contributed by atoms with van der Waals surface area (Å²) in [5.74, 6) is 0.958. The molecule has 108 valence electrons. The number of benzene rings is 1. The number of hydrogen-bond donors (Lipinski definition) is 1. The van der Waals surface area contributed by atoms with Crippen molar-refractivity contribution in [3.8, 4) is 5.75 Å². The number of nitrogens with one attached hydrogen (secondary N) is 1. The summed E-state index contributed by atoms with van der Waals surface area (Å²) in [5.41, 5.74) is 5.13.